The molecule has 0 bridgehead atoms. The Labute approximate surface area is 110 Å². The summed E-state index contributed by atoms with van der Waals surface area (Å²) in [5, 5.41) is 3.27. The molecule has 2 aromatic heterocycles. The minimum atomic E-state index is -0.541. The molecule has 0 atom stereocenters. The zero-order valence-corrected chi connectivity index (χ0v) is 11.1. The number of aromatic nitrogens is 2. The zero-order chi connectivity index (χ0) is 14.0. The van der Waals surface area contributed by atoms with Gasteiger partial charge in [-0.25, -0.2) is 9.18 Å². The molecule has 2 N–H and O–H groups in total. The summed E-state index contributed by atoms with van der Waals surface area (Å²) in [7, 11) is 0. The van der Waals surface area contributed by atoms with Gasteiger partial charge in [0.05, 0.1) is 18.3 Å². The fourth-order valence-electron chi connectivity index (χ4n) is 1.65. The van der Waals surface area contributed by atoms with Gasteiger partial charge in [-0.1, -0.05) is 0 Å². The average molecular weight is 265 g/mol. The van der Waals surface area contributed by atoms with E-state index in [2.05, 4.69) is 15.3 Å². The first-order chi connectivity index (χ1) is 8.85. The van der Waals surface area contributed by atoms with Crippen molar-refractivity contribution in [3.63, 3.8) is 0 Å². The monoisotopic (exact) mass is 265 g/mol. The number of amides is 1. The molecule has 5 nitrogen and oxygen atoms in total. The van der Waals surface area contributed by atoms with Crippen LogP contribution in [-0.2, 0) is 11.3 Å². The number of ether oxygens (including phenoxy) is 1. The number of pyridine rings is 1. The number of H-pyrrole nitrogens is 1. The second-order valence-electron chi connectivity index (χ2n) is 5.24. The maximum atomic E-state index is 13.4. The summed E-state index contributed by atoms with van der Waals surface area (Å²) in [6.45, 7) is 5.60. The van der Waals surface area contributed by atoms with Crippen LogP contribution in [0.3, 0.4) is 0 Å². The third kappa shape index (κ3) is 3.43. The lowest BCUT2D eigenvalue weighted by molar-refractivity contribution is 0.0523. The van der Waals surface area contributed by atoms with Gasteiger partial charge >= 0.3 is 6.09 Å². The summed E-state index contributed by atoms with van der Waals surface area (Å²) >= 11 is 0. The Morgan fingerprint density at radius 2 is 2.21 bits per heavy atom. The zero-order valence-electron chi connectivity index (χ0n) is 11.1. The van der Waals surface area contributed by atoms with Crippen molar-refractivity contribution in [1.82, 2.24) is 15.3 Å². The van der Waals surface area contributed by atoms with Gasteiger partial charge < -0.3 is 15.0 Å². The molecule has 2 rings (SSSR count). The highest BCUT2D eigenvalue weighted by Gasteiger charge is 2.16. The van der Waals surface area contributed by atoms with Crippen molar-refractivity contribution in [1.29, 1.82) is 0 Å². The van der Waals surface area contributed by atoms with Crippen LogP contribution in [0.25, 0.3) is 10.9 Å². The summed E-state index contributed by atoms with van der Waals surface area (Å²) in [6.07, 6.45) is 2.19. The van der Waals surface area contributed by atoms with Crippen LogP contribution in [0.1, 0.15) is 26.5 Å². The van der Waals surface area contributed by atoms with Crippen LogP contribution in [0.4, 0.5) is 9.18 Å². The van der Waals surface area contributed by atoms with Gasteiger partial charge in [-0.05, 0) is 26.8 Å². The second kappa shape index (κ2) is 4.87. The van der Waals surface area contributed by atoms with Crippen LogP contribution in [-0.4, -0.2) is 21.7 Å². The number of halogens is 1. The van der Waals surface area contributed by atoms with Gasteiger partial charge in [0.1, 0.15) is 5.60 Å². The molecule has 0 unspecified atom stereocenters. The summed E-state index contributed by atoms with van der Waals surface area (Å²) in [6, 6.07) is 1.74. The first-order valence-electron chi connectivity index (χ1n) is 5.93. The largest absolute Gasteiger partial charge is 0.444 e. The number of fused-ring (bicyclic) bond motifs is 1. The second-order valence-corrected chi connectivity index (χ2v) is 5.24. The Morgan fingerprint density at radius 1 is 1.47 bits per heavy atom. The van der Waals surface area contributed by atoms with Gasteiger partial charge in [0.2, 0.25) is 0 Å². The van der Waals surface area contributed by atoms with Gasteiger partial charge in [-0.2, -0.15) is 0 Å². The van der Waals surface area contributed by atoms with Crippen molar-refractivity contribution in [3.05, 3.63) is 30.0 Å². The molecule has 19 heavy (non-hydrogen) atoms. The van der Waals surface area contributed by atoms with E-state index >= 15 is 0 Å². The third-order valence-corrected chi connectivity index (χ3v) is 2.37. The fourth-order valence-corrected chi connectivity index (χ4v) is 1.65. The maximum absolute atomic E-state index is 13.4. The van der Waals surface area contributed by atoms with Crippen LogP contribution in [0.15, 0.2) is 18.5 Å². The Hall–Kier alpha value is -2.11. The van der Waals surface area contributed by atoms with E-state index in [9.17, 15) is 9.18 Å². The number of alkyl carbamates (subject to hydrolysis) is 1. The van der Waals surface area contributed by atoms with E-state index < -0.39 is 17.5 Å². The number of nitrogens with zero attached hydrogens (tertiary/aromatic N) is 1. The van der Waals surface area contributed by atoms with Crippen molar-refractivity contribution >= 4 is 17.0 Å². The smallest absolute Gasteiger partial charge is 0.407 e. The van der Waals surface area contributed by atoms with E-state index in [1.54, 1.807) is 33.0 Å². The molecule has 0 spiro atoms. The minimum absolute atomic E-state index is 0.239. The number of aromatic amines is 1. The van der Waals surface area contributed by atoms with Gasteiger partial charge in [0.25, 0.3) is 0 Å². The molecular formula is C13H16FN3O2. The van der Waals surface area contributed by atoms with E-state index in [0.29, 0.717) is 16.6 Å². The molecule has 0 aromatic carbocycles. The number of rotatable bonds is 2. The van der Waals surface area contributed by atoms with Crippen LogP contribution in [0.2, 0.25) is 0 Å². The van der Waals surface area contributed by atoms with Crippen LogP contribution in [0.5, 0.6) is 0 Å². The van der Waals surface area contributed by atoms with Crippen molar-refractivity contribution < 1.29 is 13.9 Å². The van der Waals surface area contributed by atoms with E-state index in [1.807, 2.05) is 0 Å². The molecule has 102 valence electrons. The first-order valence-corrected chi connectivity index (χ1v) is 5.93. The molecule has 0 aliphatic carbocycles. The molecular weight excluding hydrogens is 249 g/mol. The minimum Gasteiger partial charge on any atom is -0.444 e. The molecule has 6 heteroatoms. The summed E-state index contributed by atoms with van der Waals surface area (Å²) in [5.74, 6) is -0.416. The quantitative estimate of drug-likeness (QED) is 0.877. The number of hydrogen-bond donors (Lipinski definition) is 2. The molecule has 0 saturated heterocycles. The Bertz CT molecular complexity index is 601. The van der Waals surface area contributed by atoms with Crippen molar-refractivity contribution in [3.8, 4) is 0 Å². The highest BCUT2D eigenvalue weighted by atomic mass is 19.1. The molecule has 0 aliphatic rings. The van der Waals surface area contributed by atoms with E-state index in [1.165, 1.54) is 0 Å². The lowest BCUT2D eigenvalue weighted by Crippen LogP contribution is -2.32. The average Bonchev–Trinajstić information content (AvgIpc) is 2.68. The molecule has 1 amide bonds. The van der Waals surface area contributed by atoms with Gasteiger partial charge in [0.15, 0.2) is 5.82 Å². The number of carbonyl (C=O) groups excluding carboxylic acids is 1. The molecule has 2 heterocycles. The Morgan fingerprint density at radius 3 is 2.84 bits per heavy atom. The predicted octanol–water partition coefficient (Wildman–Crippen LogP) is 2.73. The standard InChI is InChI=1S/C13H16FN3O2/c1-13(2,3)19-12(18)16-6-9-4-8-5-15-7-10(14)11(8)17-9/h4-5,7,17H,6H2,1-3H3,(H,16,18). The summed E-state index contributed by atoms with van der Waals surface area (Å²) in [5.41, 5.74) is 0.532. The summed E-state index contributed by atoms with van der Waals surface area (Å²) in [4.78, 5) is 18.1. The predicted molar refractivity (Wildman–Crippen MR) is 69.1 cm³/mol. The molecule has 0 fully saturated rings. The normalized spacial score (nSPS) is 11.6. The number of hydrogen-bond acceptors (Lipinski definition) is 3. The maximum Gasteiger partial charge on any atom is 0.407 e. The number of nitrogens with one attached hydrogen (secondary N) is 2. The Balaban J connectivity index is 2.02. The van der Waals surface area contributed by atoms with E-state index in [4.69, 9.17) is 4.74 Å². The first kappa shape index (κ1) is 13.3. The molecule has 0 saturated carbocycles. The SMILES string of the molecule is CC(C)(C)OC(=O)NCc1cc2cncc(F)c2[nH]1. The fraction of sp³-hybridized carbons (Fsp3) is 0.385. The van der Waals surface area contributed by atoms with Crippen molar-refractivity contribution in [2.75, 3.05) is 0 Å². The highest BCUT2D eigenvalue weighted by molar-refractivity contribution is 5.80. The van der Waals surface area contributed by atoms with Gasteiger partial charge in [0, 0.05) is 17.3 Å². The number of carbonyl (C=O) groups is 1. The van der Waals surface area contributed by atoms with Gasteiger partial charge in [-0.15, -0.1) is 0 Å². The lowest BCUT2D eigenvalue weighted by atomic mass is 10.2. The Kier molecular flexibility index (Phi) is 3.42. The topological polar surface area (TPSA) is 67.0 Å². The molecule has 2 aromatic rings. The van der Waals surface area contributed by atoms with Crippen LogP contribution >= 0.6 is 0 Å². The molecule has 0 aliphatic heterocycles. The summed E-state index contributed by atoms with van der Waals surface area (Å²) < 4.78 is 18.5. The van der Waals surface area contributed by atoms with E-state index in [0.717, 1.165) is 6.20 Å². The lowest BCUT2D eigenvalue weighted by Gasteiger charge is -2.19. The van der Waals surface area contributed by atoms with Crippen LogP contribution in [0, 0.1) is 5.82 Å². The van der Waals surface area contributed by atoms with Crippen molar-refractivity contribution in [2.45, 2.75) is 32.9 Å². The molecule has 0 radical (unpaired) electrons. The van der Waals surface area contributed by atoms with E-state index in [-0.39, 0.29) is 6.54 Å². The van der Waals surface area contributed by atoms with Crippen LogP contribution < -0.4 is 5.32 Å². The highest BCUT2D eigenvalue weighted by Crippen LogP contribution is 2.16. The van der Waals surface area contributed by atoms with Gasteiger partial charge in [-0.3, -0.25) is 4.98 Å². The third-order valence-electron chi connectivity index (χ3n) is 2.37. The van der Waals surface area contributed by atoms with Crippen molar-refractivity contribution in [2.24, 2.45) is 0 Å².